The Bertz CT molecular complexity index is 586. The van der Waals surface area contributed by atoms with E-state index in [-0.39, 0.29) is 24.1 Å². The number of benzene rings is 1. The van der Waals surface area contributed by atoms with Crippen molar-refractivity contribution in [2.75, 3.05) is 38.7 Å². The lowest BCUT2D eigenvalue weighted by molar-refractivity contribution is -0.133. The Morgan fingerprint density at radius 1 is 1.24 bits per heavy atom. The Morgan fingerprint density at radius 3 is 2.52 bits per heavy atom. The van der Waals surface area contributed by atoms with Crippen molar-refractivity contribution in [1.29, 1.82) is 0 Å². The number of carbonyl (C=O) groups excluding carboxylic acids is 1. The van der Waals surface area contributed by atoms with Gasteiger partial charge in [-0.3, -0.25) is 9.69 Å². The molecule has 5 nitrogen and oxygen atoms in total. The number of carbonyl (C=O) groups is 1. The minimum absolute atomic E-state index is 0.0735. The molecule has 0 radical (unpaired) electrons. The summed E-state index contributed by atoms with van der Waals surface area (Å²) < 4.78 is 22.4. The Hall–Kier alpha value is -1.40. The van der Waals surface area contributed by atoms with Crippen LogP contribution in [0.5, 0.6) is 0 Å². The summed E-state index contributed by atoms with van der Waals surface area (Å²) in [5.74, 6) is -0.150. The third kappa shape index (κ3) is 4.54. The highest BCUT2D eigenvalue weighted by Crippen LogP contribution is 2.24. The third-order valence-electron chi connectivity index (χ3n) is 3.87. The highest BCUT2D eigenvalue weighted by Gasteiger charge is 2.28. The zero-order valence-electron chi connectivity index (χ0n) is 12.5. The number of sulfone groups is 1. The number of rotatable bonds is 4. The van der Waals surface area contributed by atoms with Crippen LogP contribution in [0, 0.1) is 0 Å². The van der Waals surface area contributed by atoms with E-state index in [2.05, 4.69) is 24.1 Å². The van der Waals surface area contributed by atoms with E-state index < -0.39 is 9.84 Å². The molecule has 6 heteroatoms. The molecule has 0 spiro atoms. The Morgan fingerprint density at radius 2 is 1.90 bits per heavy atom. The van der Waals surface area contributed by atoms with Crippen LogP contribution in [0.4, 0.5) is 0 Å². The van der Waals surface area contributed by atoms with Gasteiger partial charge in [0.05, 0.1) is 11.8 Å². The maximum atomic E-state index is 12.2. The van der Waals surface area contributed by atoms with E-state index in [0.29, 0.717) is 13.1 Å². The lowest BCUT2D eigenvalue weighted by atomic mass is 10.0. The standard InChI is InChI=1S/C15H22N2O3S/c1-16-9-10-17(15(18)8-11-21(2,19)20)12-14(16)13-6-4-3-5-7-13/h3-7,14H,8-12H2,1-2H3. The molecule has 116 valence electrons. The highest BCUT2D eigenvalue weighted by molar-refractivity contribution is 7.90. The fourth-order valence-electron chi connectivity index (χ4n) is 2.57. The Kier molecular flexibility index (Phi) is 5.00. The molecular weight excluding hydrogens is 288 g/mol. The van der Waals surface area contributed by atoms with Crippen LogP contribution in [-0.4, -0.2) is 62.8 Å². The fourth-order valence-corrected chi connectivity index (χ4v) is 3.11. The summed E-state index contributed by atoms with van der Waals surface area (Å²) >= 11 is 0. The summed E-state index contributed by atoms with van der Waals surface area (Å²) in [6.45, 7) is 2.07. The minimum Gasteiger partial charge on any atom is -0.339 e. The Balaban J connectivity index is 2.02. The van der Waals surface area contributed by atoms with Gasteiger partial charge < -0.3 is 4.90 Å². The van der Waals surface area contributed by atoms with Gasteiger partial charge in [0.1, 0.15) is 9.84 Å². The topological polar surface area (TPSA) is 57.7 Å². The first-order valence-corrected chi connectivity index (χ1v) is 9.13. The van der Waals surface area contributed by atoms with Gasteiger partial charge in [0.15, 0.2) is 0 Å². The highest BCUT2D eigenvalue weighted by atomic mass is 32.2. The smallest absolute Gasteiger partial charge is 0.223 e. The second kappa shape index (κ2) is 6.58. The summed E-state index contributed by atoms with van der Waals surface area (Å²) in [6.07, 6.45) is 1.24. The van der Waals surface area contributed by atoms with Crippen molar-refractivity contribution in [3.63, 3.8) is 0 Å². The Labute approximate surface area is 126 Å². The van der Waals surface area contributed by atoms with Gasteiger partial charge in [-0.25, -0.2) is 8.42 Å². The second-order valence-electron chi connectivity index (χ2n) is 5.63. The minimum atomic E-state index is -3.09. The van der Waals surface area contributed by atoms with E-state index in [1.165, 1.54) is 5.56 Å². The molecule has 0 aromatic heterocycles. The maximum Gasteiger partial charge on any atom is 0.223 e. The second-order valence-corrected chi connectivity index (χ2v) is 7.89. The van der Waals surface area contributed by atoms with Gasteiger partial charge in [-0.15, -0.1) is 0 Å². The molecule has 1 atom stereocenters. The van der Waals surface area contributed by atoms with Crippen LogP contribution < -0.4 is 0 Å². The molecule has 1 fully saturated rings. The van der Waals surface area contributed by atoms with E-state index >= 15 is 0 Å². The summed E-state index contributed by atoms with van der Waals surface area (Å²) in [7, 11) is -1.04. The van der Waals surface area contributed by atoms with Crippen LogP contribution >= 0.6 is 0 Å². The zero-order valence-corrected chi connectivity index (χ0v) is 13.3. The predicted molar refractivity (Wildman–Crippen MR) is 82.7 cm³/mol. The summed E-state index contributed by atoms with van der Waals surface area (Å²) in [5, 5.41) is 0. The van der Waals surface area contributed by atoms with Crippen LogP contribution in [0.2, 0.25) is 0 Å². The molecule has 1 aliphatic heterocycles. The van der Waals surface area contributed by atoms with Crippen molar-refractivity contribution < 1.29 is 13.2 Å². The third-order valence-corrected chi connectivity index (χ3v) is 4.82. The largest absolute Gasteiger partial charge is 0.339 e. The molecule has 1 aromatic rings. The number of nitrogens with zero attached hydrogens (tertiary/aromatic N) is 2. The van der Waals surface area contributed by atoms with E-state index in [1.807, 2.05) is 18.2 Å². The molecular formula is C15H22N2O3S. The van der Waals surface area contributed by atoms with Crippen molar-refractivity contribution in [2.24, 2.45) is 0 Å². The average molecular weight is 310 g/mol. The van der Waals surface area contributed by atoms with E-state index in [4.69, 9.17) is 0 Å². The van der Waals surface area contributed by atoms with Crippen LogP contribution in [0.1, 0.15) is 18.0 Å². The summed E-state index contributed by atoms with van der Waals surface area (Å²) in [4.78, 5) is 16.2. The quantitative estimate of drug-likeness (QED) is 0.830. The first-order valence-electron chi connectivity index (χ1n) is 7.07. The van der Waals surface area contributed by atoms with E-state index in [1.54, 1.807) is 4.90 Å². The number of likely N-dealkylation sites (N-methyl/N-ethyl adjacent to an activating group) is 1. The summed E-state index contributed by atoms with van der Waals surface area (Å²) in [5.41, 5.74) is 1.18. The van der Waals surface area contributed by atoms with Crippen LogP contribution in [0.15, 0.2) is 30.3 Å². The van der Waals surface area contributed by atoms with Crippen LogP contribution in [0.3, 0.4) is 0 Å². The van der Waals surface area contributed by atoms with Crippen molar-refractivity contribution >= 4 is 15.7 Å². The van der Waals surface area contributed by atoms with Gasteiger partial charge in [0, 0.05) is 32.3 Å². The molecule has 0 bridgehead atoms. The lowest BCUT2D eigenvalue weighted by Crippen LogP contribution is -2.49. The van der Waals surface area contributed by atoms with Crippen molar-refractivity contribution in [3.05, 3.63) is 35.9 Å². The molecule has 1 unspecified atom stereocenters. The van der Waals surface area contributed by atoms with Crippen molar-refractivity contribution in [3.8, 4) is 0 Å². The molecule has 0 N–H and O–H groups in total. The average Bonchev–Trinajstić information content (AvgIpc) is 2.45. The van der Waals surface area contributed by atoms with E-state index in [0.717, 1.165) is 12.8 Å². The molecule has 1 saturated heterocycles. The molecule has 1 heterocycles. The number of piperazine rings is 1. The SMILES string of the molecule is CN1CCN(C(=O)CCS(C)(=O)=O)CC1c1ccccc1. The first-order chi connectivity index (χ1) is 9.87. The zero-order chi connectivity index (χ0) is 15.5. The molecule has 2 rings (SSSR count). The summed E-state index contributed by atoms with van der Waals surface area (Å²) in [6, 6.07) is 10.3. The van der Waals surface area contributed by atoms with Gasteiger partial charge in [0.2, 0.25) is 5.91 Å². The van der Waals surface area contributed by atoms with Crippen LogP contribution in [-0.2, 0) is 14.6 Å². The van der Waals surface area contributed by atoms with E-state index in [9.17, 15) is 13.2 Å². The number of amides is 1. The molecule has 1 amide bonds. The number of hydrogen-bond acceptors (Lipinski definition) is 4. The molecule has 21 heavy (non-hydrogen) atoms. The molecule has 1 aliphatic rings. The molecule has 0 saturated carbocycles. The van der Waals surface area contributed by atoms with Crippen molar-refractivity contribution in [2.45, 2.75) is 12.5 Å². The normalized spacial score (nSPS) is 20.5. The molecule has 1 aromatic carbocycles. The van der Waals surface area contributed by atoms with Crippen molar-refractivity contribution in [1.82, 2.24) is 9.80 Å². The maximum absolute atomic E-state index is 12.2. The monoisotopic (exact) mass is 310 g/mol. The lowest BCUT2D eigenvalue weighted by Gasteiger charge is -2.39. The number of hydrogen-bond donors (Lipinski definition) is 0. The van der Waals surface area contributed by atoms with Gasteiger partial charge in [-0.05, 0) is 12.6 Å². The predicted octanol–water partition coefficient (Wildman–Crippen LogP) is 0.936. The first kappa shape index (κ1) is 16.0. The van der Waals surface area contributed by atoms with Gasteiger partial charge in [-0.1, -0.05) is 30.3 Å². The van der Waals surface area contributed by atoms with Gasteiger partial charge in [0.25, 0.3) is 0 Å². The molecule has 0 aliphatic carbocycles. The van der Waals surface area contributed by atoms with Gasteiger partial charge in [-0.2, -0.15) is 0 Å². The fraction of sp³-hybridized carbons (Fsp3) is 0.533. The van der Waals surface area contributed by atoms with Crippen LogP contribution in [0.25, 0.3) is 0 Å². The van der Waals surface area contributed by atoms with Gasteiger partial charge >= 0.3 is 0 Å².